The Morgan fingerprint density at radius 3 is 0.933 bits per heavy atom. The Bertz CT molecular complexity index is 2500. The predicted molar refractivity (Wildman–Crippen MR) is 235 cm³/mol. The zero-order valence-electron chi connectivity index (χ0n) is 33.1. The fourth-order valence-electron chi connectivity index (χ4n) is 8.74. The molecule has 3 aliphatic carbocycles. The maximum absolute atomic E-state index is 13.8. The molecule has 0 radical (unpaired) electrons. The van der Waals surface area contributed by atoms with E-state index in [1.165, 1.54) is 70.8 Å². The summed E-state index contributed by atoms with van der Waals surface area (Å²) in [5.41, 5.74) is 15.6. The zero-order chi connectivity index (χ0) is 40.6. The summed E-state index contributed by atoms with van der Waals surface area (Å²) < 4.78 is 0. The quantitative estimate of drug-likeness (QED) is 0.134. The van der Waals surface area contributed by atoms with Gasteiger partial charge in [0.25, 0.3) is 17.7 Å². The third-order valence-electron chi connectivity index (χ3n) is 12.0. The van der Waals surface area contributed by atoms with E-state index in [1.807, 2.05) is 18.2 Å². The molecule has 9 heteroatoms. The molecule has 0 saturated heterocycles. The van der Waals surface area contributed by atoms with Crippen molar-refractivity contribution in [2.75, 3.05) is 16.0 Å². The highest BCUT2D eigenvalue weighted by atomic mass is 16.2. The third kappa shape index (κ3) is 7.69. The minimum atomic E-state index is -0.494. The summed E-state index contributed by atoms with van der Waals surface area (Å²) in [5.74, 6) is -1.48. The number of carbonyl (C=O) groups excluding carboxylic acids is 3. The van der Waals surface area contributed by atoms with Gasteiger partial charge in [-0.25, -0.2) is 0 Å². The fraction of sp³-hybridized carbons (Fsp3) is 0.176. The minimum absolute atomic E-state index is 0.130. The molecular weight excluding hydrogens is 745 g/mol. The van der Waals surface area contributed by atoms with Crippen molar-refractivity contribution in [2.45, 2.75) is 57.8 Å². The number of nitrogens with zero attached hydrogens (tertiary/aromatic N) is 3. The molecule has 0 spiro atoms. The Balaban J connectivity index is 0.888. The molecule has 294 valence electrons. The maximum atomic E-state index is 13.8. The number of carbonyl (C=O) groups is 3. The molecule has 9 nitrogen and oxygen atoms in total. The zero-order valence-corrected chi connectivity index (χ0v) is 33.1. The molecule has 7 aromatic rings. The molecule has 0 saturated carbocycles. The molecule has 3 aromatic heterocycles. The van der Waals surface area contributed by atoms with Crippen LogP contribution in [0.3, 0.4) is 0 Å². The van der Waals surface area contributed by atoms with Crippen LogP contribution < -0.4 is 16.0 Å². The molecule has 10 rings (SSSR count). The number of hydrogen-bond acceptors (Lipinski definition) is 6. The topological polar surface area (TPSA) is 126 Å². The number of hydrogen-bond donors (Lipinski definition) is 3. The molecular formula is C51H42N6O3. The summed E-state index contributed by atoms with van der Waals surface area (Å²) in [6.07, 6.45) is 14.9. The third-order valence-corrected chi connectivity index (χ3v) is 12.0. The van der Waals surface area contributed by atoms with Gasteiger partial charge in [0, 0.05) is 33.4 Å². The summed E-state index contributed by atoms with van der Waals surface area (Å²) >= 11 is 0. The van der Waals surface area contributed by atoms with Crippen LogP contribution in [0, 0.1) is 0 Å². The molecule has 60 heavy (non-hydrogen) atoms. The monoisotopic (exact) mass is 786 g/mol. The smallest absolute Gasteiger partial charge is 0.255 e. The average Bonchev–Trinajstić information content (AvgIpc) is 4.08. The number of fused-ring (bicyclic) bond motifs is 3. The van der Waals surface area contributed by atoms with Crippen molar-refractivity contribution in [1.82, 2.24) is 15.0 Å². The first kappa shape index (κ1) is 37.0. The number of rotatable bonds is 9. The second kappa shape index (κ2) is 15.8. The number of pyridine rings is 3. The van der Waals surface area contributed by atoms with Crippen LogP contribution >= 0.6 is 0 Å². The van der Waals surface area contributed by atoms with E-state index in [2.05, 4.69) is 85.5 Å². The average molecular weight is 787 g/mol. The lowest BCUT2D eigenvalue weighted by Gasteiger charge is -2.12. The molecule has 0 atom stereocenters. The minimum Gasteiger partial charge on any atom is -0.321 e. The first-order valence-corrected chi connectivity index (χ1v) is 20.7. The Hall–Kier alpha value is -7.26. The molecule has 3 aliphatic rings. The van der Waals surface area contributed by atoms with Gasteiger partial charge in [-0.1, -0.05) is 36.4 Å². The predicted octanol–water partition coefficient (Wildman–Crippen LogP) is 10.1. The summed E-state index contributed by atoms with van der Waals surface area (Å²) in [4.78, 5) is 55.4. The Kier molecular flexibility index (Phi) is 9.77. The molecule has 0 fully saturated rings. The van der Waals surface area contributed by atoms with Crippen LogP contribution in [0.4, 0.5) is 17.1 Å². The van der Waals surface area contributed by atoms with Crippen LogP contribution in [-0.4, -0.2) is 32.7 Å². The van der Waals surface area contributed by atoms with E-state index in [-0.39, 0.29) is 16.7 Å². The molecule has 0 unspecified atom stereocenters. The molecule has 0 aliphatic heterocycles. The molecule has 3 amide bonds. The number of benzene rings is 4. The van der Waals surface area contributed by atoms with Crippen molar-refractivity contribution in [3.63, 3.8) is 0 Å². The van der Waals surface area contributed by atoms with Crippen molar-refractivity contribution in [3.8, 4) is 33.8 Å². The van der Waals surface area contributed by atoms with Crippen molar-refractivity contribution in [3.05, 3.63) is 178 Å². The number of nitrogens with one attached hydrogen (secondary N) is 3. The van der Waals surface area contributed by atoms with Gasteiger partial charge < -0.3 is 16.0 Å². The second-order valence-corrected chi connectivity index (χ2v) is 16.0. The van der Waals surface area contributed by atoms with Crippen LogP contribution in [0.15, 0.2) is 128 Å². The second-order valence-electron chi connectivity index (χ2n) is 16.0. The van der Waals surface area contributed by atoms with Crippen molar-refractivity contribution in [2.24, 2.45) is 0 Å². The van der Waals surface area contributed by atoms with Crippen LogP contribution in [-0.2, 0) is 38.5 Å². The highest BCUT2D eigenvalue weighted by Gasteiger charge is 2.20. The van der Waals surface area contributed by atoms with Gasteiger partial charge >= 0.3 is 0 Å². The van der Waals surface area contributed by atoms with Crippen LogP contribution in [0.1, 0.15) is 83.7 Å². The largest absolute Gasteiger partial charge is 0.321 e. The highest BCUT2D eigenvalue weighted by molar-refractivity contribution is 6.13. The van der Waals surface area contributed by atoms with Gasteiger partial charge in [-0.05, 0) is 164 Å². The Morgan fingerprint density at radius 2 is 0.650 bits per heavy atom. The van der Waals surface area contributed by atoms with Crippen LogP contribution in [0.25, 0.3) is 33.8 Å². The SMILES string of the molecule is O=C(Nc1ccc(-c2ccc3c(c2)CCC3)nc1)c1cc(C(=O)Nc2ccc(-c3ccc4c(c3)CCC4)nc2)cc(C(=O)Nc2ccc(-c3ccc4c(c3)CCC4)nc2)c1. The van der Waals surface area contributed by atoms with Gasteiger partial charge in [-0.15, -0.1) is 0 Å². The molecule has 3 N–H and O–H groups in total. The summed E-state index contributed by atoms with van der Waals surface area (Å²) in [6.45, 7) is 0. The number of aromatic nitrogens is 3. The van der Waals surface area contributed by atoms with Crippen LogP contribution in [0.2, 0.25) is 0 Å². The lowest BCUT2D eigenvalue weighted by atomic mass is 10.0. The standard InChI is InChI=1S/C51H42N6O3/c58-49(55-43-16-19-46(52-28-43)37-13-10-31-4-1-7-34(31)22-37)40-25-41(50(59)56-44-17-20-47(53-29-44)38-14-11-32-5-2-8-35(32)23-38)27-42(26-40)51(60)57-45-18-21-48(54-30-45)39-15-12-33-6-3-9-36(33)24-39/h10-30H,1-9H2,(H,55,58)(H,56,59)(H,57,60). The van der Waals surface area contributed by atoms with Gasteiger partial charge in [0.2, 0.25) is 0 Å². The van der Waals surface area contributed by atoms with E-state index in [0.29, 0.717) is 17.1 Å². The molecule has 0 bridgehead atoms. The van der Waals surface area contributed by atoms with Gasteiger partial charge in [0.1, 0.15) is 0 Å². The van der Waals surface area contributed by atoms with E-state index in [4.69, 9.17) is 0 Å². The van der Waals surface area contributed by atoms with E-state index >= 15 is 0 Å². The summed E-state index contributed by atoms with van der Waals surface area (Å²) in [5, 5.41) is 8.70. The van der Waals surface area contributed by atoms with E-state index in [0.717, 1.165) is 72.3 Å². The normalized spacial score (nSPS) is 13.6. The first-order chi connectivity index (χ1) is 29.4. The van der Waals surface area contributed by atoms with E-state index in [1.54, 1.807) is 36.8 Å². The Morgan fingerprint density at radius 1 is 0.350 bits per heavy atom. The van der Waals surface area contributed by atoms with Gasteiger partial charge in [0.15, 0.2) is 0 Å². The number of amides is 3. The highest BCUT2D eigenvalue weighted by Crippen LogP contribution is 2.31. The van der Waals surface area contributed by atoms with Crippen molar-refractivity contribution in [1.29, 1.82) is 0 Å². The van der Waals surface area contributed by atoms with Gasteiger partial charge in [0.05, 0.1) is 52.7 Å². The fourth-order valence-corrected chi connectivity index (χ4v) is 8.74. The first-order valence-electron chi connectivity index (χ1n) is 20.7. The maximum Gasteiger partial charge on any atom is 0.255 e. The van der Waals surface area contributed by atoms with E-state index in [9.17, 15) is 14.4 Å². The lowest BCUT2D eigenvalue weighted by Crippen LogP contribution is -2.19. The summed E-state index contributed by atoms with van der Waals surface area (Å²) in [6, 6.07) is 34.9. The van der Waals surface area contributed by atoms with Gasteiger partial charge in [-0.3, -0.25) is 29.3 Å². The number of aryl methyl sites for hydroxylation is 6. The number of anilines is 3. The molecule has 3 heterocycles. The molecule has 4 aromatic carbocycles. The van der Waals surface area contributed by atoms with Crippen molar-refractivity contribution < 1.29 is 14.4 Å². The van der Waals surface area contributed by atoms with Crippen molar-refractivity contribution >= 4 is 34.8 Å². The Labute approximate surface area is 348 Å². The van der Waals surface area contributed by atoms with E-state index < -0.39 is 17.7 Å². The van der Waals surface area contributed by atoms with Gasteiger partial charge in [-0.2, -0.15) is 0 Å². The summed E-state index contributed by atoms with van der Waals surface area (Å²) in [7, 11) is 0. The lowest BCUT2D eigenvalue weighted by molar-refractivity contribution is 0.102. The van der Waals surface area contributed by atoms with Crippen LogP contribution in [0.5, 0.6) is 0 Å².